The molecule has 1 aliphatic rings. The highest BCUT2D eigenvalue weighted by molar-refractivity contribution is 14.1. The molecule has 0 aromatic heterocycles. The number of carbonyl (C=O) groups is 1. The maximum atomic E-state index is 11.3. The summed E-state index contributed by atoms with van der Waals surface area (Å²) in [7, 11) is 0. The van der Waals surface area contributed by atoms with Gasteiger partial charge in [-0.15, -0.1) is 0 Å². The maximum absolute atomic E-state index is 11.3. The standard InChI is InChI=1S/C21H33IO2/c1-2-3-4-5-6-7-8-9-10-11-12-13-14-16-19(22)20-17-15-18-21(23)24-20/h7-8,10-11,13-14,19-20H,2-6,9,12,15-18H2,1H3/b8-7+,11-10+,14-13+. The Labute approximate surface area is 162 Å². The zero-order chi connectivity index (χ0) is 17.5. The number of esters is 1. The molecule has 1 fully saturated rings. The van der Waals surface area contributed by atoms with Gasteiger partial charge in [-0.3, -0.25) is 4.79 Å². The Morgan fingerprint density at radius 2 is 1.79 bits per heavy atom. The first kappa shape index (κ1) is 21.5. The SMILES string of the molecule is CCCCCC/C=C/C/C=C/C/C=C/CC(I)C1CCCC(=O)O1. The lowest BCUT2D eigenvalue weighted by atomic mass is 10.0. The molecule has 0 bridgehead atoms. The summed E-state index contributed by atoms with van der Waals surface area (Å²) in [5.41, 5.74) is 0. The Morgan fingerprint density at radius 3 is 2.50 bits per heavy atom. The zero-order valence-corrected chi connectivity index (χ0v) is 17.2. The van der Waals surface area contributed by atoms with Crippen LogP contribution < -0.4 is 0 Å². The van der Waals surface area contributed by atoms with Gasteiger partial charge in [0, 0.05) is 6.42 Å². The van der Waals surface area contributed by atoms with Crippen LogP contribution in [0.15, 0.2) is 36.5 Å². The summed E-state index contributed by atoms with van der Waals surface area (Å²) >= 11 is 2.41. The van der Waals surface area contributed by atoms with Crippen molar-refractivity contribution in [1.29, 1.82) is 0 Å². The molecule has 0 aliphatic carbocycles. The van der Waals surface area contributed by atoms with Gasteiger partial charge in [-0.2, -0.15) is 0 Å². The number of allylic oxidation sites excluding steroid dienone is 6. The molecule has 3 heteroatoms. The first-order valence-corrected chi connectivity index (χ1v) is 10.8. The predicted molar refractivity (Wildman–Crippen MR) is 112 cm³/mol. The van der Waals surface area contributed by atoms with Crippen molar-refractivity contribution in [2.75, 3.05) is 0 Å². The summed E-state index contributed by atoms with van der Waals surface area (Å²) in [6, 6.07) is 0. The van der Waals surface area contributed by atoms with E-state index in [0.29, 0.717) is 10.3 Å². The summed E-state index contributed by atoms with van der Waals surface area (Å²) in [6.07, 6.45) is 25.7. The molecule has 1 aliphatic heterocycles. The van der Waals surface area contributed by atoms with Gasteiger partial charge in [-0.1, -0.05) is 85.2 Å². The van der Waals surface area contributed by atoms with Crippen LogP contribution in [0.3, 0.4) is 0 Å². The van der Waals surface area contributed by atoms with Gasteiger partial charge < -0.3 is 4.74 Å². The van der Waals surface area contributed by atoms with Gasteiger partial charge in [0.2, 0.25) is 0 Å². The van der Waals surface area contributed by atoms with Crippen molar-refractivity contribution in [2.45, 2.75) is 87.6 Å². The Morgan fingerprint density at radius 1 is 1.08 bits per heavy atom. The largest absolute Gasteiger partial charge is 0.461 e. The maximum Gasteiger partial charge on any atom is 0.306 e. The van der Waals surface area contributed by atoms with E-state index in [1.165, 1.54) is 32.1 Å². The topological polar surface area (TPSA) is 26.3 Å². The molecular formula is C21H33IO2. The second-order valence-corrected chi connectivity index (χ2v) is 8.01. The van der Waals surface area contributed by atoms with Crippen LogP contribution in [-0.4, -0.2) is 16.0 Å². The van der Waals surface area contributed by atoms with Gasteiger partial charge in [-0.05, 0) is 44.9 Å². The third-order valence-electron chi connectivity index (χ3n) is 4.19. The Hall–Kier alpha value is -0.580. The number of halogens is 1. The van der Waals surface area contributed by atoms with Crippen LogP contribution in [-0.2, 0) is 9.53 Å². The number of cyclic esters (lactones) is 1. The molecule has 1 saturated heterocycles. The fourth-order valence-corrected chi connectivity index (χ4v) is 3.52. The molecule has 2 atom stereocenters. The Balaban J connectivity index is 2.02. The quantitative estimate of drug-likeness (QED) is 0.110. The number of hydrogen-bond acceptors (Lipinski definition) is 2. The minimum absolute atomic E-state index is 0.0294. The van der Waals surface area contributed by atoms with Gasteiger partial charge in [0.1, 0.15) is 6.10 Å². The molecule has 136 valence electrons. The lowest BCUT2D eigenvalue weighted by molar-refractivity contribution is -0.153. The van der Waals surface area contributed by atoms with Crippen LogP contribution in [0.1, 0.15) is 77.6 Å². The molecule has 24 heavy (non-hydrogen) atoms. The van der Waals surface area contributed by atoms with E-state index in [1.54, 1.807) is 0 Å². The molecule has 0 N–H and O–H groups in total. The normalized spacial score (nSPS) is 20.2. The monoisotopic (exact) mass is 444 g/mol. The van der Waals surface area contributed by atoms with Gasteiger partial charge in [0.15, 0.2) is 0 Å². The van der Waals surface area contributed by atoms with Crippen molar-refractivity contribution in [3.05, 3.63) is 36.5 Å². The van der Waals surface area contributed by atoms with E-state index in [1.807, 2.05) is 0 Å². The predicted octanol–water partition coefficient (Wildman–Crippen LogP) is 6.70. The van der Waals surface area contributed by atoms with Crippen molar-refractivity contribution < 1.29 is 9.53 Å². The van der Waals surface area contributed by atoms with Gasteiger partial charge >= 0.3 is 5.97 Å². The van der Waals surface area contributed by atoms with E-state index >= 15 is 0 Å². The van der Waals surface area contributed by atoms with Crippen molar-refractivity contribution >= 4 is 28.6 Å². The first-order valence-electron chi connectivity index (χ1n) is 9.52. The summed E-state index contributed by atoms with van der Waals surface area (Å²) in [5, 5.41) is 0. The minimum atomic E-state index is -0.0294. The molecule has 0 aromatic carbocycles. The molecule has 0 saturated carbocycles. The smallest absolute Gasteiger partial charge is 0.306 e. The molecule has 1 rings (SSSR count). The van der Waals surface area contributed by atoms with Crippen molar-refractivity contribution in [1.82, 2.24) is 0 Å². The van der Waals surface area contributed by atoms with E-state index in [-0.39, 0.29) is 12.1 Å². The van der Waals surface area contributed by atoms with E-state index in [2.05, 4.69) is 66.0 Å². The summed E-state index contributed by atoms with van der Waals surface area (Å²) in [4.78, 5) is 11.3. The third-order valence-corrected chi connectivity index (χ3v) is 5.50. The van der Waals surface area contributed by atoms with Crippen LogP contribution in [0.2, 0.25) is 0 Å². The summed E-state index contributed by atoms with van der Waals surface area (Å²) in [6.45, 7) is 2.25. The van der Waals surface area contributed by atoms with Crippen LogP contribution in [0.25, 0.3) is 0 Å². The van der Waals surface area contributed by atoms with Gasteiger partial charge in [-0.25, -0.2) is 0 Å². The Kier molecular flexibility index (Phi) is 13.2. The van der Waals surface area contributed by atoms with E-state index in [4.69, 9.17) is 4.74 Å². The van der Waals surface area contributed by atoms with E-state index in [0.717, 1.165) is 32.1 Å². The van der Waals surface area contributed by atoms with Crippen molar-refractivity contribution in [3.63, 3.8) is 0 Å². The highest BCUT2D eigenvalue weighted by Crippen LogP contribution is 2.24. The van der Waals surface area contributed by atoms with Crippen molar-refractivity contribution in [3.8, 4) is 0 Å². The molecule has 2 nitrogen and oxygen atoms in total. The second kappa shape index (κ2) is 14.7. The van der Waals surface area contributed by atoms with Gasteiger partial charge in [0.25, 0.3) is 0 Å². The first-order chi connectivity index (χ1) is 11.7. The molecule has 1 heterocycles. The minimum Gasteiger partial charge on any atom is -0.461 e. The number of carbonyl (C=O) groups excluding carboxylic acids is 1. The number of ether oxygens (including phenoxy) is 1. The second-order valence-electron chi connectivity index (χ2n) is 6.41. The third kappa shape index (κ3) is 11.1. The number of unbranched alkanes of at least 4 members (excludes halogenated alkanes) is 4. The molecular weight excluding hydrogens is 411 g/mol. The lowest BCUT2D eigenvalue weighted by Crippen LogP contribution is -2.30. The zero-order valence-electron chi connectivity index (χ0n) is 15.1. The van der Waals surface area contributed by atoms with Crippen LogP contribution in [0.4, 0.5) is 0 Å². The Bertz CT molecular complexity index is 412. The van der Waals surface area contributed by atoms with Gasteiger partial charge in [0.05, 0.1) is 3.92 Å². The average Bonchev–Trinajstić information content (AvgIpc) is 2.59. The average molecular weight is 444 g/mol. The molecule has 0 aromatic rings. The fourth-order valence-electron chi connectivity index (χ4n) is 2.72. The summed E-state index contributed by atoms with van der Waals surface area (Å²) < 4.78 is 5.80. The molecule has 0 amide bonds. The number of rotatable bonds is 12. The summed E-state index contributed by atoms with van der Waals surface area (Å²) in [5.74, 6) is -0.0294. The van der Waals surface area contributed by atoms with Crippen molar-refractivity contribution in [2.24, 2.45) is 0 Å². The lowest BCUT2D eigenvalue weighted by Gasteiger charge is -2.25. The number of alkyl halides is 1. The van der Waals surface area contributed by atoms with E-state index in [9.17, 15) is 4.79 Å². The van der Waals surface area contributed by atoms with Crippen LogP contribution in [0, 0.1) is 0 Å². The molecule has 0 spiro atoms. The van der Waals surface area contributed by atoms with E-state index < -0.39 is 0 Å². The highest BCUT2D eigenvalue weighted by atomic mass is 127. The van der Waals surface area contributed by atoms with Crippen LogP contribution >= 0.6 is 22.6 Å². The molecule has 2 unspecified atom stereocenters. The number of hydrogen-bond donors (Lipinski definition) is 0. The highest BCUT2D eigenvalue weighted by Gasteiger charge is 2.25. The molecule has 0 radical (unpaired) electrons. The van der Waals surface area contributed by atoms with Crippen LogP contribution in [0.5, 0.6) is 0 Å². The fraction of sp³-hybridized carbons (Fsp3) is 0.667.